The average Bonchev–Trinajstić information content (AvgIpc) is 3.13. The number of rotatable bonds is 4. The average molecular weight is 271 g/mol. The minimum atomic E-state index is -0.163. The third kappa shape index (κ3) is 2.80. The van der Waals surface area contributed by atoms with Crippen LogP contribution in [0, 0.1) is 0 Å². The summed E-state index contributed by atoms with van der Waals surface area (Å²) in [4.78, 5) is 11.7. The van der Waals surface area contributed by atoms with Crippen molar-refractivity contribution < 1.29 is 14.3 Å². The van der Waals surface area contributed by atoms with E-state index in [-0.39, 0.29) is 12.7 Å². The maximum Gasteiger partial charge on any atom is 0.244 e. The summed E-state index contributed by atoms with van der Waals surface area (Å²) in [5.41, 5.74) is 1.81. The third-order valence-corrected chi connectivity index (χ3v) is 2.85. The fourth-order valence-corrected chi connectivity index (χ4v) is 1.81. The Morgan fingerprint density at radius 3 is 3.15 bits per heavy atom. The molecule has 6 heteroatoms. The molecule has 0 saturated heterocycles. The van der Waals surface area contributed by atoms with Gasteiger partial charge in [0.1, 0.15) is 0 Å². The van der Waals surface area contributed by atoms with E-state index in [4.69, 9.17) is 9.47 Å². The minimum Gasteiger partial charge on any atom is -0.454 e. The Kier molecular flexibility index (Phi) is 3.36. The van der Waals surface area contributed by atoms with Crippen molar-refractivity contribution in [1.82, 2.24) is 15.5 Å². The lowest BCUT2D eigenvalue weighted by molar-refractivity contribution is -0.116. The van der Waals surface area contributed by atoms with Gasteiger partial charge in [0.15, 0.2) is 11.5 Å². The van der Waals surface area contributed by atoms with Crippen LogP contribution in [-0.4, -0.2) is 22.9 Å². The van der Waals surface area contributed by atoms with Gasteiger partial charge in [0.2, 0.25) is 12.7 Å². The normalized spacial score (nSPS) is 12.8. The van der Waals surface area contributed by atoms with Gasteiger partial charge in [-0.25, -0.2) is 0 Å². The van der Waals surface area contributed by atoms with Crippen LogP contribution in [0.25, 0.3) is 6.08 Å². The zero-order valence-electron chi connectivity index (χ0n) is 10.6. The lowest BCUT2D eigenvalue weighted by Gasteiger charge is -1.99. The van der Waals surface area contributed by atoms with Crippen molar-refractivity contribution in [2.75, 3.05) is 6.79 Å². The molecule has 1 aliphatic heterocycles. The molecule has 3 rings (SSSR count). The molecule has 0 unspecified atom stereocenters. The van der Waals surface area contributed by atoms with Gasteiger partial charge in [0.05, 0.1) is 6.20 Å². The quantitative estimate of drug-likeness (QED) is 0.826. The van der Waals surface area contributed by atoms with Crippen molar-refractivity contribution in [2.24, 2.45) is 0 Å². The van der Waals surface area contributed by atoms with E-state index in [1.54, 1.807) is 18.5 Å². The van der Waals surface area contributed by atoms with Crippen molar-refractivity contribution in [3.63, 3.8) is 0 Å². The van der Waals surface area contributed by atoms with E-state index in [0.29, 0.717) is 12.3 Å². The Bertz CT molecular complexity index is 635. The second-order valence-corrected chi connectivity index (χ2v) is 4.27. The van der Waals surface area contributed by atoms with E-state index in [9.17, 15) is 4.79 Å². The molecule has 0 bridgehead atoms. The van der Waals surface area contributed by atoms with Crippen molar-refractivity contribution in [2.45, 2.75) is 6.54 Å². The van der Waals surface area contributed by atoms with E-state index in [0.717, 1.165) is 16.9 Å². The number of benzene rings is 1. The molecule has 2 heterocycles. The predicted octanol–water partition coefficient (Wildman–Crippen LogP) is 1.47. The van der Waals surface area contributed by atoms with E-state index >= 15 is 0 Å². The van der Waals surface area contributed by atoms with Gasteiger partial charge in [-0.05, 0) is 23.8 Å². The number of aromatic amines is 1. The molecule has 6 nitrogen and oxygen atoms in total. The first-order valence-electron chi connectivity index (χ1n) is 6.14. The highest BCUT2D eigenvalue weighted by molar-refractivity contribution is 5.91. The van der Waals surface area contributed by atoms with Gasteiger partial charge in [0.25, 0.3) is 0 Å². The number of aromatic nitrogens is 2. The first kappa shape index (κ1) is 12.3. The maximum absolute atomic E-state index is 11.7. The molecule has 0 atom stereocenters. The maximum atomic E-state index is 11.7. The summed E-state index contributed by atoms with van der Waals surface area (Å²) in [6.45, 7) is 0.689. The van der Waals surface area contributed by atoms with Crippen molar-refractivity contribution in [1.29, 1.82) is 0 Å². The number of carbonyl (C=O) groups is 1. The van der Waals surface area contributed by atoms with Crippen molar-refractivity contribution in [3.05, 3.63) is 47.8 Å². The first-order valence-corrected chi connectivity index (χ1v) is 6.14. The highest BCUT2D eigenvalue weighted by Gasteiger charge is 2.12. The van der Waals surface area contributed by atoms with Gasteiger partial charge in [-0.3, -0.25) is 9.89 Å². The SMILES string of the molecule is O=C(/C=C/c1ccc2c(c1)OCO2)NCc1cn[nH]c1. The number of hydrogen-bond acceptors (Lipinski definition) is 4. The van der Waals surface area contributed by atoms with Crippen LogP contribution in [0.15, 0.2) is 36.7 Å². The smallest absolute Gasteiger partial charge is 0.244 e. The molecule has 102 valence electrons. The van der Waals surface area contributed by atoms with Gasteiger partial charge in [-0.2, -0.15) is 5.10 Å². The van der Waals surface area contributed by atoms with Crippen LogP contribution in [0.1, 0.15) is 11.1 Å². The highest BCUT2D eigenvalue weighted by atomic mass is 16.7. The molecular formula is C14H13N3O3. The molecule has 0 saturated carbocycles. The molecule has 0 radical (unpaired) electrons. The van der Waals surface area contributed by atoms with Crippen LogP contribution >= 0.6 is 0 Å². The molecule has 1 aromatic carbocycles. The predicted molar refractivity (Wildman–Crippen MR) is 72.0 cm³/mol. The van der Waals surface area contributed by atoms with Gasteiger partial charge in [-0.1, -0.05) is 6.07 Å². The fraction of sp³-hybridized carbons (Fsp3) is 0.143. The summed E-state index contributed by atoms with van der Waals surface area (Å²) in [6, 6.07) is 5.53. The summed E-state index contributed by atoms with van der Waals surface area (Å²) < 4.78 is 10.5. The summed E-state index contributed by atoms with van der Waals surface area (Å²) in [7, 11) is 0. The standard InChI is InChI=1S/C14H13N3O3/c18-14(15-6-11-7-16-17-8-11)4-2-10-1-3-12-13(5-10)20-9-19-12/h1-5,7-8H,6,9H2,(H,15,18)(H,16,17)/b4-2+. The molecule has 2 N–H and O–H groups in total. The van der Waals surface area contributed by atoms with Crippen molar-refractivity contribution in [3.8, 4) is 11.5 Å². The molecule has 1 aliphatic rings. The van der Waals surface area contributed by atoms with Gasteiger partial charge >= 0.3 is 0 Å². The summed E-state index contributed by atoms with van der Waals surface area (Å²) in [5.74, 6) is 1.27. The first-order chi connectivity index (χ1) is 9.81. The van der Waals surface area contributed by atoms with Crippen LogP contribution in [0.5, 0.6) is 11.5 Å². The Morgan fingerprint density at radius 2 is 2.30 bits per heavy atom. The number of amides is 1. The molecule has 0 aliphatic carbocycles. The molecule has 2 aromatic rings. The van der Waals surface area contributed by atoms with E-state index < -0.39 is 0 Å². The number of nitrogens with one attached hydrogen (secondary N) is 2. The zero-order valence-corrected chi connectivity index (χ0v) is 10.6. The number of H-pyrrole nitrogens is 1. The van der Waals surface area contributed by atoms with Gasteiger partial charge < -0.3 is 14.8 Å². The molecule has 1 aromatic heterocycles. The molecule has 0 spiro atoms. The van der Waals surface area contributed by atoms with Crippen molar-refractivity contribution >= 4 is 12.0 Å². The van der Waals surface area contributed by atoms with Gasteiger partial charge in [-0.15, -0.1) is 0 Å². The van der Waals surface area contributed by atoms with Crippen LogP contribution in [0.2, 0.25) is 0 Å². The summed E-state index contributed by atoms with van der Waals surface area (Å²) in [5, 5.41) is 9.26. The Labute approximate surface area is 115 Å². The van der Waals surface area contributed by atoms with E-state index in [1.807, 2.05) is 18.2 Å². The molecule has 1 amide bonds. The number of nitrogens with zero attached hydrogens (tertiary/aromatic N) is 1. The third-order valence-electron chi connectivity index (χ3n) is 2.85. The van der Waals surface area contributed by atoms with Gasteiger partial charge in [0, 0.05) is 24.4 Å². The highest BCUT2D eigenvalue weighted by Crippen LogP contribution is 2.32. The topological polar surface area (TPSA) is 76.2 Å². The van der Waals surface area contributed by atoms with Crippen LogP contribution < -0.4 is 14.8 Å². The molecule has 20 heavy (non-hydrogen) atoms. The largest absolute Gasteiger partial charge is 0.454 e. The fourth-order valence-electron chi connectivity index (χ4n) is 1.81. The molecular weight excluding hydrogens is 258 g/mol. The summed E-state index contributed by atoms with van der Waals surface area (Å²) in [6.07, 6.45) is 6.62. The van der Waals surface area contributed by atoms with Crippen LogP contribution in [0.3, 0.4) is 0 Å². The number of carbonyl (C=O) groups excluding carboxylic acids is 1. The monoisotopic (exact) mass is 271 g/mol. The Balaban J connectivity index is 1.58. The van der Waals surface area contributed by atoms with Crippen LogP contribution in [0.4, 0.5) is 0 Å². The number of hydrogen-bond donors (Lipinski definition) is 2. The second kappa shape index (κ2) is 5.48. The van der Waals surface area contributed by atoms with Crippen LogP contribution in [-0.2, 0) is 11.3 Å². The Hall–Kier alpha value is -2.76. The summed E-state index contributed by atoms with van der Waals surface area (Å²) >= 11 is 0. The lowest BCUT2D eigenvalue weighted by Crippen LogP contribution is -2.19. The zero-order chi connectivity index (χ0) is 13.8. The number of fused-ring (bicyclic) bond motifs is 1. The van der Waals surface area contributed by atoms with E-state index in [1.165, 1.54) is 6.08 Å². The van der Waals surface area contributed by atoms with E-state index in [2.05, 4.69) is 15.5 Å². The molecule has 0 fully saturated rings. The Morgan fingerprint density at radius 1 is 1.40 bits per heavy atom. The minimum absolute atomic E-state index is 0.163. The number of ether oxygens (including phenoxy) is 2. The second-order valence-electron chi connectivity index (χ2n) is 4.27. The lowest BCUT2D eigenvalue weighted by atomic mass is 10.2.